The molecule has 3 heterocycles. The zero-order valence-electron chi connectivity index (χ0n) is 16.0. The van der Waals surface area contributed by atoms with Crippen molar-refractivity contribution in [2.45, 2.75) is 12.7 Å². The van der Waals surface area contributed by atoms with Crippen LogP contribution in [0.15, 0.2) is 36.4 Å². The summed E-state index contributed by atoms with van der Waals surface area (Å²) in [6, 6.07) is 12.6. The zero-order valence-corrected chi connectivity index (χ0v) is 16.0. The molecule has 0 saturated carbocycles. The number of aromatic nitrogens is 1. The van der Waals surface area contributed by atoms with Gasteiger partial charge in [-0.15, -0.1) is 0 Å². The Kier molecular flexibility index (Phi) is 6.40. The Bertz CT molecular complexity index is 861. The molecule has 2 atom stereocenters. The Hall–Kier alpha value is -2.23. The van der Waals surface area contributed by atoms with E-state index in [1.54, 1.807) is 7.11 Å². The Morgan fingerprint density at radius 3 is 2.76 bits per heavy atom. The summed E-state index contributed by atoms with van der Waals surface area (Å²) in [5, 5.41) is 8.33. The van der Waals surface area contributed by atoms with Gasteiger partial charge in [0.25, 0.3) is 0 Å². The molecule has 2 aliphatic rings. The van der Waals surface area contributed by atoms with Gasteiger partial charge in [0, 0.05) is 43.5 Å². The zero-order chi connectivity index (χ0) is 21.1. The molecule has 0 aliphatic carbocycles. The number of likely N-dealkylation sites (tertiary alicyclic amines) is 1. The lowest BCUT2D eigenvalue weighted by Crippen LogP contribution is -2.35. The van der Waals surface area contributed by atoms with Crippen LogP contribution < -0.4 is 0 Å². The number of pyridine rings is 1. The van der Waals surface area contributed by atoms with Crippen LogP contribution in [0.3, 0.4) is 0 Å². The van der Waals surface area contributed by atoms with Crippen molar-refractivity contribution in [2.75, 3.05) is 40.0 Å². The summed E-state index contributed by atoms with van der Waals surface area (Å²) in [5.41, 5.74) is 2.41. The van der Waals surface area contributed by atoms with Crippen LogP contribution in [0.4, 0.5) is 13.2 Å². The number of para-hydroxylation sites is 1. The van der Waals surface area contributed by atoms with E-state index >= 15 is 0 Å². The highest BCUT2D eigenvalue weighted by molar-refractivity contribution is 5.78. The molecule has 2 saturated heterocycles. The molecule has 2 fully saturated rings. The van der Waals surface area contributed by atoms with Crippen molar-refractivity contribution in [1.82, 2.24) is 9.88 Å². The van der Waals surface area contributed by atoms with Crippen LogP contribution >= 0.6 is 0 Å². The van der Waals surface area contributed by atoms with Gasteiger partial charge in [-0.3, -0.25) is 9.88 Å². The van der Waals surface area contributed by atoms with Gasteiger partial charge in [-0.05, 0) is 12.1 Å². The van der Waals surface area contributed by atoms with Gasteiger partial charge in [-0.2, -0.15) is 13.2 Å². The Labute approximate surface area is 166 Å². The first-order valence-corrected chi connectivity index (χ1v) is 9.17. The molecule has 4 rings (SSSR count). The molecule has 158 valence electrons. The predicted octanol–water partition coefficient (Wildman–Crippen LogP) is 2.96. The number of halogens is 3. The van der Waals surface area contributed by atoms with E-state index in [4.69, 9.17) is 24.4 Å². The molecule has 0 amide bonds. The molecule has 0 bridgehead atoms. The van der Waals surface area contributed by atoms with Gasteiger partial charge in [0.05, 0.1) is 31.0 Å². The highest BCUT2D eigenvalue weighted by atomic mass is 19.4. The van der Waals surface area contributed by atoms with Crippen LogP contribution in [-0.2, 0) is 20.8 Å². The highest BCUT2D eigenvalue weighted by Gasteiger charge is 2.50. The summed E-state index contributed by atoms with van der Waals surface area (Å²) in [7, 11) is 1.79. The van der Waals surface area contributed by atoms with Gasteiger partial charge in [-0.1, -0.05) is 24.3 Å². The number of fused-ring (bicyclic) bond motifs is 2. The van der Waals surface area contributed by atoms with Gasteiger partial charge in [0.1, 0.15) is 0 Å². The summed E-state index contributed by atoms with van der Waals surface area (Å²) >= 11 is 0. The minimum absolute atomic E-state index is 0.186. The second kappa shape index (κ2) is 8.64. The van der Waals surface area contributed by atoms with E-state index in [2.05, 4.69) is 35.2 Å². The summed E-state index contributed by atoms with van der Waals surface area (Å²) in [4.78, 5) is 16.2. The summed E-state index contributed by atoms with van der Waals surface area (Å²) in [5.74, 6) is -2.17. The monoisotopic (exact) mass is 412 g/mol. The number of nitrogens with zero attached hydrogens (tertiary/aromatic N) is 2. The molecule has 29 heavy (non-hydrogen) atoms. The van der Waals surface area contributed by atoms with Crippen LogP contribution in [0.5, 0.6) is 0 Å². The number of carboxylic acid groups (broad SMARTS) is 1. The van der Waals surface area contributed by atoms with E-state index < -0.39 is 12.1 Å². The number of benzene rings is 1. The van der Waals surface area contributed by atoms with Crippen molar-refractivity contribution < 1.29 is 32.5 Å². The lowest BCUT2D eigenvalue weighted by atomic mass is 9.82. The number of carboxylic acids is 1. The smallest absolute Gasteiger partial charge is 0.475 e. The molecular formula is C20H23F3N2O4. The van der Waals surface area contributed by atoms with Gasteiger partial charge >= 0.3 is 12.1 Å². The second-order valence-corrected chi connectivity index (χ2v) is 7.48. The molecule has 2 aliphatic heterocycles. The Balaban J connectivity index is 0.000000298. The molecular weight excluding hydrogens is 389 g/mol. The fourth-order valence-corrected chi connectivity index (χ4v) is 3.98. The summed E-state index contributed by atoms with van der Waals surface area (Å²) < 4.78 is 42.9. The highest BCUT2D eigenvalue weighted by Crippen LogP contribution is 2.41. The van der Waals surface area contributed by atoms with Crippen LogP contribution in [0, 0.1) is 11.3 Å². The number of methoxy groups -OCH3 is 1. The standard InChI is InChI=1S/C18H22N2O2.C2HF3O2/c1-21-12-18-11-20(8-15(18)10-22-13-18)9-16-7-6-14-4-2-3-5-17(14)19-16;3-2(4,5)1(6)7/h2-7,15H,8-13H2,1H3;(H,6,7)/t15-,18-;/m1./s1. The average Bonchev–Trinajstić information content (AvgIpc) is 3.18. The lowest BCUT2D eigenvalue weighted by Gasteiger charge is -2.26. The molecule has 0 radical (unpaired) electrons. The predicted molar refractivity (Wildman–Crippen MR) is 99.3 cm³/mol. The number of aliphatic carboxylic acids is 1. The first kappa shape index (κ1) is 21.5. The first-order chi connectivity index (χ1) is 13.7. The summed E-state index contributed by atoms with van der Waals surface area (Å²) in [6.07, 6.45) is -5.08. The molecule has 2 aromatic rings. The quantitative estimate of drug-likeness (QED) is 0.833. The van der Waals surface area contributed by atoms with Crippen LogP contribution in [0.2, 0.25) is 0 Å². The number of carbonyl (C=O) groups is 1. The largest absolute Gasteiger partial charge is 0.490 e. The van der Waals surface area contributed by atoms with E-state index in [-0.39, 0.29) is 5.41 Å². The normalized spacial score (nSPS) is 24.2. The first-order valence-electron chi connectivity index (χ1n) is 9.17. The van der Waals surface area contributed by atoms with E-state index in [1.165, 1.54) is 5.39 Å². The van der Waals surface area contributed by atoms with Crippen molar-refractivity contribution in [3.8, 4) is 0 Å². The fourth-order valence-electron chi connectivity index (χ4n) is 3.98. The maximum absolute atomic E-state index is 10.6. The number of ether oxygens (including phenoxy) is 2. The third-order valence-electron chi connectivity index (χ3n) is 5.31. The van der Waals surface area contributed by atoms with Gasteiger partial charge in [0.15, 0.2) is 0 Å². The van der Waals surface area contributed by atoms with Crippen molar-refractivity contribution in [2.24, 2.45) is 11.3 Å². The number of hydrogen-bond acceptors (Lipinski definition) is 5. The van der Waals surface area contributed by atoms with Crippen molar-refractivity contribution in [1.29, 1.82) is 0 Å². The number of rotatable bonds is 4. The maximum Gasteiger partial charge on any atom is 0.490 e. The molecule has 1 aromatic carbocycles. The molecule has 1 N–H and O–H groups in total. The molecule has 1 aromatic heterocycles. The minimum atomic E-state index is -5.08. The van der Waals surface area contributed by atoms with E-state index in [0.29, 0.717) is 5.92 Å². The van der Waals surface area contributed by atoms with Crippen LogP contribution in [0.25, 0.3) is 10.9 Å². The van der Waals surface area contributed by atoms with Crippen LogP contribution in [-0.4, -0.2) is 67.2 Å². The minimum Gasteiger partial charge on any atom is -0.475 e. The van der Waals surface area contributed by atoms with Crippen LogP contribution in [0.1, 0.15) is 5.69 Å². The van der Waals surface area contributed by atoms with Gasteiger partial charge < -0.3 is 14.6 Å². The SMILES string of the molecule is COC[C@]12COC[C@H]1CN(Cc1ccc3ccccc3n1)C2.O=C(O)C(F)(F)F. The second-order valence-electron chi connectivity index (χ2n) is 7.48. The van der Waals surface area contributed by atoms with Crippen molar-refractivity contribution in [3.63, 3.8) is 0 Å². The van der Waals surface area contributed by atoms with E-state index in [0.717, 1.165) is 50.7 Å². The Morgan fingerprint density at radius 1 is 1.34 bits per heavy atom. The van der Waals surface area contributed by atoms with Gasteiger partial charge in [-0.25, -0.2) is 4.79 Å². The topological polar surface area (TPSA) is 71.9 Å². The molecule has 6 nitrogen and oxygen atoms in total. The number of hydrogen-bond donors (Lipinski definition) is 1. The summed E-state index contributed by atoms with van der Waals surface area (Å²) in [6.45, 7) is 5.52. The maximum atomic E-state index is 10.6. The molecule has 9 heteroatoms. The van der Waals surface area contributed by atoms with Crippen molar-refractivity contribution in [3.05, 3.63) is 42.1 Å². The molecule has 0 spiro atoms. The van der Waals surface area contributed by atoms with E-state index in [9.17, 15) is 13.2 Å². The lowest BCUT2D eigenvalue weighted by molar-refractivity contribution is -0.192. The third kappa shape index (κ3) is 5.04. The van der Waals surface area contributed by atoms with E-state index in [1.807, 2.05) is 6.07 Å². The average molecular weight is 412 g/mol. The van der Waals surface area contributed by atoms with Gasteiger partial charge in [0.2, 0.25) is 0 Å². The fraction of sp³-hybridized carbons (Fsp3) is 0.500. The number of alkyl halides is 3. The van der Waals surface area contributed by atoms with Crippen molar-refractivity contribution >= 4 is 16.9 Å². The molecule has 0 unspecified atom stereocenters. The third-order valence-corrected chi connectivity index (χ3v) is 5.31. The Morgan fingerprint density at radius 2 is 2.07 bits per heavy atom.